The maximum atomic E-state index is 13.3. The summed E-state index contributed by atoms with van der Waals surface area (Å²) < 4.78 is 13.3. The van der Waals surface area contributed by atoms with Crippen molar-refractivity contribution in [3.63, 3.8) is 0 Å². The van der Waals surface area contributed by atoms with Gasteiger partial charge in [0.05, 0.1) is 11.8 Å². The normalized spacial score (nSPS) is 20.3. The van der Waals surface area contributed by atoms with Gasteiger partial charge in [-0.2, -0.15) is 5.26 Å². The van der Waals surface area contributed by atoms with E-state index in [1.807, 2.05) is 11.0 Å². The second kappa shape index (κ2) is 3.87. The Hall–Kier alpha value is -1.60. The molecule has 0 radical (unpaired) electrons. The molecule has 0 aromatic heterocycles. The van der Waals surface area contributed by atoms with Crippen molar-refractivity contribution in [2.45, 2.75) is 12.5 Å². The molecule has 0 bridgehead atoms. The van der Waals surface area contributed by atoms with Crippen LogP contribution in [0.2, 0.25) is 0 Å². The van der Waals surface area contributed by atoms with E-state index < -0.39 is 5.82 Å². The van der Waals surface area contributed by atoms with Crippen LogP contribution >= 0.6 is 0 Å². The van der Waals surface area contributed by atoms with Gasteiger partial charge < -0.3 is 10.0 Å². The number of benzene rings is 1. The van der Waals surface area contributed by atoms with Crippen LogP contribution in [0.1, 0.15) is 12.0 Å². The fourth-order valence-corrected chi connectivity index (χ4v) is 1.85. The lowest BCUT2D eigenvalue weighted by molar-refractivity contribution is 0.198. The fourth-order valence-electron chi connectivity index (χ4n) is 1.85. The van der Waals surface area contributed by atoms with Crippen molar-refractivity contribution in [1.82, 2.24) is 0 Å². The van der Waals surface area contributed by atoms with E-state index in [1.54, 1.807) is 12.1 Å². The first-order chi connectivity index (χ1) is 7.22. The van der Waals surface area contributed by atoms with E-state index in [9.17, 15) is 9.50 Å². The Kier molecular flexibility index (Phi) is 2.57. The largest absolute Gasteiger partial charge is 0.391 e. The summed E-state index contributed by atoms with van der Waals surface area (Å²) in [5.41, 5.74) is 0.639. The summed E-state index contributed by atoms with van der Waals surface area (Å²) in [6.07, 6.45) is 0.293. The SMILES string of the molecule is N#Cc1c(F)cccc1N1CC[C@@H](O)C1. The molecule has 78 valence electrons. The van der Waals surface area contributed by atoms with E-state index in [2.05, 4.69) is 0 Å². The molecule has 0 unspecified atom stereocenters. The predicted molar refractivity (Wildman–Crippen MR) is 54.0 cm³/mol. The van der Waals surface area contributed by atoms with Crippen LogP contribution in [-0.2, 0) is 0 Å². The zero-order valence-electron chi connectivity index (χ0n) is 8.15. The lowest BCUT2D eigenvalue weighted by Gasteiger charge is -2.19. The Morgan fingerprint density at radius 3 is 2.93 bits per heavy atom. The molecule has 0 aliphatic carbocycles. The Morgan fingerprint density at radius 1 is 1.53 bits per heavy atom. The van der Waals surface area contributed by atoms with E-state index in [0.29, 0.717) is 25.2 Å². The third-order valence-corrected chi connectivity index (χ3v) is 2.61. The van der Waals surface area contributed by atoms with Crippen LogP contribution in [0, 0.1) is 17.1 Å². The van der Waals surface area contributed by atoms with Gasteiger partial charge in [-0.15, -0.1) is 0 Å². The summed E-state index contributed by atoms with van der Waals surface area (Å²) in [5, 5.41) is 18.2. The highest BCUT2D eigenvalue weighted by atomic mass is 19.1. The van der Waals surface area contributed by atoms with E-state index in [-0.39, 0.29) is 11.7 Å². The monoisotopic (exact) mass is 206 g/mol. The number of nitriles is 1. The zero-order chi connectivity index (χ0) is 10.8. The number of hydrogen-bond acceptors (Lipinski definition) is 3. The maximum absolute atomic E-state index is 13.3. The standard InChI is InChI=1S/C11H11FN2O/c12-10-2-1-3-11(9(10)6-13)14-5-4-8(15)7-14/h1-3,8,15H,4-5,7H2/t8-/m1/s1. The van der Waals surface area contributed by atoms with Crippen molar-refractivity contribution < 1.29 is 9.50 Å². The average Bonchev–Trinajstić information content (AvgIpc) is 2.64. The van der Waals surface area contributed by atoms with Gasteiger partial charge in [-0.05, 0) is 18.6 Å². The minimum Gasteiger partial charge on any atom is -0.391 e. The zero-order valence-corrected chi connectivity index (χ0v) is 8.15. The smallest absolute Gasteiger partial charge is 0.143 e. The van der Waals surface area contributed by atoms with Gasteiger partial charge in [0.25, 0.3) is 0 Å². The minimum absolute atomic E-state index is 0.0617. The topological polar surface area (TPSA) is 47.3 Å². The summed E-state index contributed by atoms with van der Waals surface area (Å²) in [4.78, 5) is 1.84. The highest BCUT2D eigenvalue weighted by Gasteiger charge is 2.23. The summed E-state index contributed by atoms with van der Waals surface area (Å²) in [7, 11) is 0. The highest BCUT2D eigenvalue weighted by Crippen LogP contribution is 2.25. The molecular weight excluding hydrogens is 195 g/mol. The van der Waals surface area contributed by atoms with Crippen molar-refractivity contribution in [2.24, 2.45) is 0 Å². The Labute approximate surface area is 87.4 Å². The van der Waals surface area contributed by atoms with Crippen LogP contribution in [0.25, 0.3) is 0 Å². The quantitative estimate of drug-likeness (QED) is 0.752. The van der Waals surface area contributed by atoms with Gasteiger partial charge in [0.2, 0.25) is 0 Å². The lowest BCUT2D eigenvalue weighted by Crippen LogP contribution is -2.22. The van der Waals surface area contributed by atoms with Crippen LogP contribution in [-0.4, -0.2) is 24.3 Å². The average molecular weight is 206 g/mol. The molecule has 3 nitrogen and oxygen atoms in total. The van der Waals surface area contributed by atoms with E-state index in [1.165, 1.54) is 6.07 Å². The first-order valence-corrected chi connectivity index (χ1v) is 4.84. The molecule has 1 heterocycles. The Balaban J connectivity index is 2.36. The van der Waals surface area contributed by atoms with Crippen LogP contribution in [0.4, 0.5) is 10.1 Å². The minimum atomic E-state index is -0.503. The molecule has 0 saturated carbocycles. The first kappa shape index (κ1) is 9.94. The van der Waals surface area contributed by atoms with E-state index >= 15 is 0 Å². The van der Waals surface area contributed by atoms with Crippen LogP contribution < -0.4 is 4.90 Å². The fraction of sp³-hybridized carbons (Fsp3) is 0.364. The summed E-state index contributed by atoms with van der Waals surface area (Å²) >= 11 is 0. The van der Waals surface area contributed by atoms with Crippen molar-refractivity contribution in [2.75, 3.05) is 18.0 Å². The first-order valence-electron chi connectivity index (χ1n) is 4.84. The molecule has 0 amide bonds. The lowest BCUT2D eigenvalue weighted by atomic mass is 10.1. The van der Waals surface area contributed by atoms with Gasteiger partial charge in [-0.1, -0.05) is 6.07 Å². The van der Waals surface area contributed by atoms with Gasteiger partial charge in [-0.25, -0.2) is 4.39 Å². The summed E-state index contributed by atoms with van der Waals surface area (Å²) in [5.74, 6) is -0.503. The number of halogens is 1. The van der Waals surface area contributed by atoms with E-state index in [0.717, 1.165) is 0 Å². The molecule has 15 heavy (non-hydrogen) atoms. The van der Waals surface area contributed by atoms with Gasteiger partial charge in [-0.3, -0.25) is 0 Å². The Morgan fingerprint density at radius 2 is 2.33 bits per heavy atom. The van der Waals surface area contributed by atoms with Gasteiger partial charge in [0.1, 0.15) is 17.4 Å². The summed E-state index contributed by atoms with van der Waals surface area (Å²) in [6, 6.07) is 6.42. The van der Waals surface area contributed by atoms with Crippen LogP contribution in [0.5, 0.6) is 0 Å². The number of β-amino-alcohol motifs (C(OH)–C–C–N with tert-alkyl or cyclic N) is 1. The number of anilines is 1. The second-order valence-corrected chi connectivity index (χ2v) is 3.63. The molecule has 1 fully saturated rings. The van der Waals surface area contributed by atoms with Crippen molar-refractivity contribution in [3.05, 3.63) is 29.6 Å². The molecule has 1 saturated heterocycles. The molecule has 1 aliphatic rings. The van der Waals surface area contributed by atoms with Crippen LogP contribution in [0.15, 0.2) is 18.2 Å². The molecular formula is C11H11FN2O. The molecule has 1 aromatic carbocycles. The Bertz CT molecular complexity index is 414. The van der Waals surface area contributed by atoms with E-state index in [4.69, 9.17) is 5.26 Å². The van der Waals surface area contributed by atoms with Gasteiger partial charge in [0.15, 0.2) is 0 Å². The number of aliphatic hydroxyl groups excluding tert-OH is 1. The number of hydrogen-bond donors (Lipinski definition) is 1. The molecule has 1 atom stereocenters. The molecule has 4 heteroatoms. The van der Waals surface area contributed by atoms with Crippen molar-refractivity contribution >= 4 is 5.69 Å². The molecule has 2 rings (SSSR count). The van der Waals surface area contributed by atoms with Crippen molar-refractivity contribution in [1.29, 1.82) is 5.26 Å². The molecule has 0 spiro atoms. The second-order valence-electron chi connectivity index (χ2n) is 3.63. The third-order valence-electron chi connectivity index (χ3n) is 2.61. The summed E-state index contributed by atoms with van der Waals surface area (Å²) in [6.45, 7) is 1.14. The number of rotatable bonds is 1. The third kappa shape index (κ3) is 1.79. The van der Waals surface area contributed by atoms with Crippen molar-refractivity contribution in [3.8, 4) is 6.07 Å². The molecule has 1 N–H and O–H groups in total. The van der Waals surface area contributed by atoms with Gasteiger partial charge >= 0.3 is 0 Å². The molecule has 1 aromatic rings. The van der Waals surface area contributed by atoms with Gasteiger partial charge in [0, 0.05) is 13.1 Å². The number of nitrogens with zero attached hydrogens (tertiary/aromatic N) is 2. The maximum Gasteiger partial charge on any atom is 0.143 e. The van der Waals surface area contributed by atoms with Crippen LogP contribution in [0.3, 0.4) is 0 Å². The predicted octanol–water partition coefficient (Wildman–Crippen LogP) is 1.27. The number of aliphatic hydroxyl groups is 1. The molecule has 1 aliphatic heterocycles. The highest BCUT2D eigenvalue weighted by molar-refractivity contribution is 5.60.